The highest BCUT2D eigenvalue weighted by Gasteiger charge is 2.17. The summed E-state index contributed by atoms with van der Waals surface area (Å²) >= 11 is 6.09. The first kappa shape index (κ1) is 14.2. The fraction of sp³-hybridized carbons (Fsp3) is 0.500. The van der Waals surface area contributed by atoms with Crippen LogP contribution in [-0.4, -0.2) is 50.5 Å². The number of hydrogen-bond acceptors (Lipinski definition) is 4. The first-order valence-electron chi connectivity index (χ1n) is 6.58. The first-order chi connectivity index (χ1) is 9.24. The molecule has 1 aliphatic heterocycles. The third-order valence-electron chi connectivity index (χ3n) is 3.28. The fourth-order valence-electron chi connectivity index (χ4n) is 2.25. The van der Waals surface area contributed by atoms with E-state index in [4.69, 9.17) is 16.3 Å². The molecule has 1 aromatic carbocycles. The van der Waals surface area contributed by atoms with Crippen molar-refractivity contribution in [1.82, 2.24) is 4.90 Å². The van der Waals surface area contributed by atoms with E-state index in [2.05, 4.69) is 9.80 Å². The Bertz CT molecular complexity index is 431. The Hall–Kier alpha value is -1.26. The van der Waals surface area contributed by atoms with E-state index in [9.17, 15) is 4.79 Å². The Morgan fingerprint density at radius 1 is 1.32 bits per heavy atom. The number of aldehydes is 1. The smallest absolute Gasteiger partial charge is 0.139 e. The van der Waals surface area contributed by atoms with Gasteiger partial charge in [0.1, 0.15) is 12.0 Å². The molecule has 0 atom stereocenters. The van der Waals surface area contributed by atoms with Gasteiger partial charge in [-0.2, -0.15) is 0 Å². The number of ether oxygens (including phenoxy) is 1. The van der Waals surface area contributed by atoms with Crippen LogP contribution in [0.15, 0.2) is 18.2 Å². The van der Waals surface area contributed by atoms with Crippen LogP contribution in [0.1, 0.15) is 6.92 Å². The van der Waals surface area contributed by atoms with E-state index >= 15 is 0 Å². The van der Waals surface area contributed by atoms with E-state index < -0.39 is 0 Å². The van der Waals surface area contributed by atoms with E-state index in [1.165, 1.54) is 0 Å². The van der Waals surface area contributed by atoms with Crippen LogP contribution < -0.4 is 9.64 Å². The summed E-state index contributed by atoms with van der Waals surface area (Å²) in [4.78, 5) is 14.9. The van der Waals surface area contributed by atoms with Crippen molar-refractivity contribution in [2.45, 2.75) is 6.92 Å². The molecular weight excluding hydrogens is 264 g/mol. The molecule has 0 aromatic heterocycles. The molecule has 0 unspecified atom stereocenters. The van der Waals surface area contributed by atoms with Crippen LogP contribution in [0.4, 0.5) is 5.69 Å². The predicted molar refractivity (Wildman–Crippen MR) is 77.3 cm³/mol. The maximum atomic E-state index is 10.5. The third kappa shape index (κ3) is 3.61. The summed E-state index contributed by atoms with van der Waals surface area (Å²) in [6.07, 6.45) is 0.963. The lowest BCUT2D eigenvalue weighted by Crippen LogP contribution is -2.46. The predicted octanol–water partition coefficient (Wildman–Crippen LogP) is 2.06. The third-order valence-corrected chi connectivity index (χ3v) is 3.60. The quantitative estimate of drug-likeness (QED) is 0.774. The molecule has 5 heteroatoms. The minimum absolute atomic E-state index is 0.526. The fourth-order valence-corrected chi connectivity index (χ4v) is 2.42. The van der Waals surface area contributed by atoms with Crippen molar-refractivity contribution in [3.05, 3.63) is 23.2 Å². The van der Waals surface area contributed by atoms with E-state index in [0.29, 0.717) is 18.2 Å². The number of piperazine rings is 1. The molecule has 1 aliphatic rings. The second-order valence-electron chi connectivity index (χ2n) is 4.50. The number of carbonyl (C=O) groups excluding carboxylic acids is 1. The van der Waals surface area contributed by atoms with Crippen LogP contribution in [0, 0.1) is 0 Å². The minimum Gasteiger partial charge on any atom is -0.492 e. The van der Waals surface area contributed by atoms with Crippen LogP contribution in [0.2, 0.25) is 5.02 Å². The Labute approximate surface area is 118 Å². The summed E-state index contributed by atoms with van der Waals surface area (Å²) in [5.41, 5.74) is 1.12. The van der Waals surface area contributed by atoms with E-state index in [0.717, 1.165) is 43.9 Å². The molecule has 1 fully saturated rings. The normalized spacial score (nSPS) is 16.4. The van der Waals surface area contributed by atoms with Gasteiger partial charge in [0.05, 0.1) is 18.2 Å². The molecule has 4 nitrogen and oxygen atoms in total. The number of nitrogens with zero attached hydrogens (tertiary/aromatic N) is 2. The SMILES string of the molecule is CCOc1cc(N2CCN(CC=O)CC2)ccc1Cl. The molecule has 2 rings (SSSR count). The Morgan fingerprint density at radius 3 is 2.68 bits per heavy atom. The average Bonchev–Trinajstić information content (AvgIpc) is 2.43. The highest BCUT2D eigenvalue weighted by molar-refractivity contribution is 6.32. The molecule has 19 heavy (non-hydrogen) atoms. The van der Waals surface area contributed by atoms with Crippen molar-refractivity contribution >= 4 is 23.6 Å². The summed E-state index contributed by atoms with van der Waals surface area (Å²) in [6.45, 7) is 6.73. The molecule has 0 aliphatic carbocycles. The molecule has 0 radical (unpaired) electrons. The van der Waals surface area contributed by atoms with E-state index in [1.807, 2.05) is 25.1 Å². The molecule has 104 valence electrons. The monoisotopic (exact) mass is 282 g/mol. The summed E-state index contributed by atoms with van der Waals surface area (Å²) in [5.74, 6) is 0.733. The van der Waals surface area contributed by atoms with Crippen molar-refractivity contribution in [2.75, 3.05) is 44.2 Å². The topological polar surface area (TPSA) is 32.8 Å². The van der Waals surface area contributed by atoms with Crippen LogP contribution in [0.3, 0.4) is 0 Å². The summed E-state index contributed by atoms with van der Waals surface area (Å²) in [7, 11) is 0. The molecule has 0 bridgehead atoms. The van der Waals surface area contributed by atoms with Crippen molar-refractivity contribution in [3.8, 4) is 5.75 Å². The zero-order chi connectivity index (χ0) is 13.7. The van der Waals surface area contributed by atoms with Gasteiger partial charge >= 0.3 is 0 Å². The number of rotatable bonds is 5. The van der Waals surface area contributed by atoms with Crippen molar-refractivity contribution in [3.63, 3.8) is 0 Å². The number of benzene rings is 1. The molecule has 0 amide bonds. The van der Waals surface area contributed by atoms with Crippen LogP contribution in [0.25, 0.3) is 0 Å². The van der Waals surface area contributed by atoms with Gasteiger partial charge in [-0.25, -0.2) is 0 Å². The van der Waals surface area contributed by atoms with Gasteiger partial charge in [-0.3, -0.25) is 4.90 Å². The minimum atomic E-state index is 0.526. The maximum Gasteiger partial charge on any atom is 0.139 e. The van der Waals surface area contributed by atoms with Crippen LogP contribution in [0.5, 0.6) is 5.75 Å². The first-order valence-corrected chi connectivity index (χ1v) is 6.95. The van der Waals surface area contributed by atoms with Gasteiger partial charge < -0.3 is 14.4 Å². The Morgan fingerprint density at radius 2 is 2.05 bits per heavy atom. The second kappa shape index (κ2) is 6.78. The van der Waals surface area contributed by atoms with Crippen LogP contribution in [-0.2, 0) is 4.79 Å². The average molecular weight is 283 g/mol. The Kier molecular flexibility index (Phi) is 5.05. The molecule has 1 heterocycles. The van der Waals surface area contributed by atoms with Gasteiger partial charge in [0.25, 0.3) is 0 Å². The van der Waals surface area contributed by atoms with Crippen molar-refractivity contribution < 1.29 is 9.53 Å². The number of hydrogen-bond donors (Lipinski definition) is 0. The Balaban J connectivity index is 2.02. The number of halogens is 1. The number of carbonyl (C=O) groups is 1. The van der Waals surface area contributed by atoms with Gasteiger partial charge in [0.15, 0.2) is 0 Å². The van der Waals surface area contributed by atoms with Gasteiger partial charge in [0.2, 0.25) is 0 Å². The van der Waals surface area contributed by atoms with E-state index in [-0.39, 0.29) is 0 Å². The molecular formula is C14H19ClN2O2. The lowest BCUT2D eigenvalue weighted by Gasteiger charge is -2.35. The van der Waals surface area contributed by atoms with Gasteiger partial charge in [-0.05, 0) is 19.1 Å². The van der Waals surface area contributed by atoms with Gasteiger partial charge in [-0.1, -0.05) is 11.6 Å². The van der Waals surface area contributed by atoms with Gasteiger partial charge in [-0.15, -0.1) is 0 Å². The molecule has 1 saturated heterocycles. The maximum absolute atomic E-state index is 10.5. The highest BCUT2D eigenvalue weighted by Crippen LogP contribution is 2.30. The largest absolute Gasteiger partial charge is 0.492 e. The molecule has 0 spiro atoms. The van der Waals surface area contributed by atoms with E-state index in [1.54, 1.807) is 0 Å². The lowest BCUT2D eigenvalue weighted by molar-refractivity contribution is -0.108. The molecule has 0 saturated carbocycles. The second-order valence-corrected chi connectivity index (χ2v) is 4.91. The summed E-state index contributed by atoms with van der Waals surface area (Å²) in [6, 6.07) is 5.88. The van der Waals surface area contributed by atoms with Crippen molar-refractivity contribution in [2.24, 2.45) is 0 Å². The standard InChI is InChI=1S/C14H19ClN2O2/c1-2-19-14-11-12(3-4-13(14)15)17-7-5-16(6-8-17)9-10-18/h3-4,10-11H,2,5-9H2,1H3. The zero-order valence-corrected chi connectivity index (χ0v) is 11.9. The van der Waals surface area contributed by atoms with Crippen LogP contribution >= 0.6 is 11.6 Å². The highest BCUT2D eigenvalue weighted by atomic mass is 35.5. The molecule has 1 aromatic rings. The molecule has 0 N–H and O–H groups in total. The summed E-state index contributed by atoms with van der Waals surface area (Å²) in [5, 5.41) is 0.644. The lowest BCUT2D eigenvalue weighted by atomic mass is 10.2. The van der Waals surface area contributed by atoms with Gasteiger partial charge in [0, 0.05) is 37.9 Å². The van der Waals surface area contributed by atoms with Crippen molar-refractivity contribution in [1.29, 1.82) is 0 Å². The summed E-state index contributed by atoms with van der Waals surface area (Å²) < 4.78 is 5.51. The number of anilines is 1. The zero-order valence-electron chi connectivity index (χ0n) is 11.1.